The molecule has 0 aromatic carbocycles. The van der Waals surface area contributed by atoms with Crippen molar-refractivity contribution in [3.8, 4) is 5.75 Å². The van der Waals surface area contributed by atoms with Gasteiger partial charge in [0.1, 0.15) is 12.3 Å². The van der Waals surface area contributed by atoms with Gasteiger partial charge in [-0.1, -0.05) is 0 Å². The van der Waals surface area contributed by atoms with Gasteiger partial charge < -0.3 is 14.4 Å². The first-order valence-corrected chi connectivity index (χ1v) is 9.02. The van der Waals surface area contributed by atoms with E-state index in [1.165, 1.54) is 0 Å². The smallest absolute Gasteiger partial charge is 0.224 e. The van der Waals surface area contributed by atoms with E-state index in [1.54, 1.807) is 0 Å². The number of aromatic nitrogens is 2. The molecule has 2 atom stereocenters. The second kappa shape index (κ2) is 5.26. The topological polar surface area (TPSA) is 81.6 Å². The Morgan fingerprint density at radius 2 is 2.10 bits per heavy atom. The highest BCUT2D eigenvalue weighted by Gasteiger charge is 2.37. The maximum atomic E-state index is 11.6. The zero-order valence-corrected chi connectivity index (χ0v) is 13.3. The summed E-state index contributed by atoms with van der Waals surface area (Å²) in [7, 11) is -3.24. The first kappa shape index (κ1) is 14.8. The number of nitrogens with zero attached hydrogens (tertiary/aromatic N) is 3. The lowest BCUT2D eigenvalue weighted by Crippen LogP contribution is -2.56. The number of hydrogen-bond acceptors (Lipinski definition) is 7. The van der Waals surface area contributed by atoms with Gasteiger partial charge in [-0.2, -0.15) is 4.98 Å². The molecule has 0 N–H and O–H groups in total. The van der Waals surface area contributed by atoms with E-state index in [9.17, 15) is 8.42 Å². The first-order chi connectivity index (χ1) is 9.85. The van der Waals surface area contributed by atoms with E-state index < -0.39 is 9.84 Å². The summed E-state index contributed by atoms with van der Waals surface area (Å²) in [4.78, 5) is 10.4. The van der Waals surface area contributed by atoms with Crippen LogP contribution in [-0.4, -0.2) is 56.5 Å². The summed E-state index contributed by atoms with van der Waals surface area (Å²) in [6.07, 6.45) is 1.15. The van der Waals surface area contributed by atoms with Gasteiger partial charge in [-0.15, -0.1) is 0 Å². The molecule has 0 aliphatic carbocycles. The van der Waals surface area contributed by atoms with Crippen molar-refractivity contribution in [1.82, 2.24) is 9.97 Å². The van der Waals surface area contributed by atoms with Crippen LogP contribution in [0.1, 0.15) is 12.6 Å². The van der Waals surface area contributed by atoms with Gasteiger partial charge in [-0.05, 0) is 18.5 Å². The minimum atomic E-state index is -3.24. The van der Waals surface area contributed by atoms with Crippen LogP contribution in [0.5, 0.6) is 5.75 Å². The van der Waals surface area contributed by atoms with E-state index in [0.29, 0.717) is 37.1 Å². The Hall–Kier alpha value is -1.12. The molecule has 0 saturated carbocycles. The molecule has 1 unspecified atom stereocenters. The van der Waals surface area contributed by atoms with Crippen molar-refractivity contribution in [3.05, 3.63) is 11.0 Å². The normalized spacial score (nSPS) is 25.0. The van der Waals surface area contributed by atoms with E-state index in [4.69, 9.17) is 21.1 Å². The molecule has 2 aliphatic rings. The average Bonchev–Trinajstić information content (AvgIpc) is 2.36. The molecular formula is C12H16ClN3O4S. The van der Waals surface area contributed by atoms with Gasteiger partial charge in [0.25, 0.3) is 0 Å². The van der Waals surface area contributed by atoms with Crippen LogP contribution in [0.3, 0.4) is 0 Å². The molecular weight excluding hydrogens is 318 g/mol. The number of ether oxygens (including phenoxy) is 2. The molecule has 0 radical (unpaired) electrons. The largest absolute Gasteiger partial charge is 0.486 e. The molecule has 21 heavy (non-hydrogen) atoms. The van der Waals surface area contributed by atoms with Crippen LogP contribution in [0.2, 0.25) is 5.28 Å². The molecule has 0 bridgehead atoms. The predicted molar refractivity (Wildman–Crippen MR) is 77.6 cm³/mol. The van der Waals surface area contributed by atoms with Crippen LogP contribution < -0.4 is 9.64 Å². The highest BCUT2D eigenvalue weighted by molar-refractivity contribution is 7.89. The van der Waals surface area contributed by atoms with Gasteiger partial charge in [-0.25, -0.2) is 13.4 Å². The molecule has 3 rings (SSSR count). The minimum absolute atomic E-state index is 0.0235. The number of halogens is 1. The summed E-state index contributed by atoms with van der Waals surface area (Å²) in [5, 5.41) is 0.0235. The third-order valence-corrected chi connectivity index (χ3v) is 4.46. The van der Waals surface area contributed by atoms with Crippen molar-refractivity contribution in [2.45, 2.75) is 24.8 Å². The van der Waals surface area contributed by atoms with E-state index in [-0.39, 0.29) is 23.1 Å². The Morgan fingerprint density at radius 1 is 1.33 bits per heavy atom. The van der Waals surface area contributed by atoms with Crippen molar-refractivity contribution < 1.29 is 17.9 Å². The quantitative estimate of drug-likeness (QED) is 0.735. The molecule has 0 amide bonds. The maximum absolute atomic E-state index is 11.6. The Labute approximate surface area is 128 Å². The molecule has 1 saturated heterocycles. The Balaban J connectivity index is 2.08. The molecule has 2 aliphatic heterocycles. The molecule has 1 aromatic rings. The summed E-state index contributed by atoms with van der Waals surface area (Å²) in [5.41, 5.74) is 0.310. The van der Waals surface area contributed by atoms with Crippen molar-refractivity contribution in [2.75, 3.05) is 31.0 Å². The lowest BCUT2D eigenvalue weighted by molar-refractivity contribution is 0.0484. The summed E-state index contributed by atoms with van der Waals surface area (Å²) in [6.45, 7) is 3.57. The first-order valence-electron chi connectivity index (χ1n) is 6.58. The Kier molecular flexibility index (Phi) is 3.71. The fraction of sp³-hybridized carbons (Fsp3) is 0.667. The zero-order valence-electron chi connectivity index (χ0n) is 11.7. The molecule has 1 fully saturated rings. The lowest BCUT2D eigenvalue weighted by Gasteiger charge is -2.44. The number of fused-ring (bicyclic) bond motifs is 3. The number of hydrogen-bond donors (Lipinski definition) is 0. The van der Waals surface area contributed by atoms with Crippen LogP contribution in [0.4, 0.5) is 5.82 Å². The molecule has 116 valence electrons. The minimum Gasteiger partial charge on any atom is -0.486 e. The van der Waals surface area contributed by atoms with Gasteiger partial charge in [0.05, 0.1) is 31.1 Å². The molecule has 0 spiro atoms. The van der Waals surface area contributed by atoms with E-state index >= 15 is 0 Å². The van der Waals surface area contributed by atoms with Gasteiger partial charge in [0, 0.05) is 6.26 Å². The number of rotatable bonds is 2. The summed E-state index contributed by atoms with van der Waals surface area (Å²) in [5.74, 6) is 0.747. The Bertz CT molecular complexity index is 667. The summed E-state index contributed by atoms with van der Waals surface area (Å²) < 4.78 is 34.3. The average molecular weight is 334 g/mol. The molecule has 1 aromatic heterocycles. The van der Waals surface area contributed by atoms with Crippen LogP contribution in [0.25, 0.3) is 0 Å². The van der Waals surface area contributed by atoms with Gasteiger partial charge >= 0.3 is 0 Å². The number of sulfone groups is 1. The van der Waals surface area contributed by atoms with Crippen LogP contribution in [0, 0.1) is 0 Å². The highest BCUT2D eigenvalue weighted by atomic mass is 35.5. The Morgan fingerprint density at radius 3 is 2.81 bits per heavy atom. The van der Waals surface area contributed by atoms with E-state index in [1.807, 2.05) is 6.92 Å². The van der Waals surface area contributed by atoms with Crippen LogP contribution in [0.15, 0.2) is 0 Å². The third kappa shape index (κ3) is 2.93. The molecule has 9 heteroatoms. The van der Waals surface area contributed by atoms with E-state index in [2.05, 4.69) is 14.9 Å². The molecule has 3 heterocycles. The van der Waals surface area contributed by atoms with E-state index in [0.717, 1.165) is 6.26 Å². The standard InChI is InChI=1S/C12H16ClN3O4S/c1-7-3-19-4-8-5-20-10-9(6-21(2,17)18)14-12(13)15-11(10)16(7)8/h7-8H,3-6H2,1-2H3/t7-,8?/m1/s1. The van der Waals surface area contributed by atoms with Gasteiger partial charge in [0.15, 0.2) is 21.4 Å². The lowest BCUT2D eigenvalue weighted by atomic mass is 10.1. The fourth-order valence-electron chi connectivity index (χ4n) is 2.71. The predicted octanol–water partition coefficient (Wildman–Crippen LogP) is 0.661. The number of anilines is 1. The summed E-state index contributed by atoms with van der Waals surface area (Å²) >= 11 is 5.96. The second-order valence-electron chi connectivity index (χ2n) is 5.42. The zero-order chi connectivity index (χ0) is 15.2. The van der Waals surface area contributed by atoms with Crippen LogP contribution >= 0.6 is 11.6 Å². The molecule has 7 nitrogen and oxygen atoms in total. The maximum Gasteiger partial charge on any atom is 0.224 e. The van der Waals surface area contributed by atoms with Gasteiger partial charge in [0.2, 0.25) is 5.28 Å². The van der Waals surface area contributed by atoms with Crippen molar-refractivity contribution in [3.63, 3.8) is 0 Å². The van der Waals surface area contributed by atoms with Crippen molar-refractivity contribution in [2.24, 2.45) is 0 Å². The van der Waals surface area contributed by atoms with Gasteiger partial charge in [-0.3, -0.25) is 0 Å². The monoisotopic (exact) mass is 333 g/mol. The van der Waals surface area contributed by atoms with Crippen LogP contribution in [-0.2, 0) is 20.3 Å². The summed E-state index contributed by atoms with van der Waals surface area (Å²) in [6, 6.07) is 0.168. The third-order valence-electron chi connectivity index (χ3n) is 3.49. The SMILES string of the molecule is C[C@@H]1COCC2COc3c(CS(C)(=O)=O)nc(Cl)nc3N21. The highest BCUT2D eigenvalue weighted by Crippen LogP contribution is 2.38. The van der Waals surface area contributed by atoms with Crippen molar-refractivity contribution in [1.29, 1.82) is 0 Å². The number of morpholine rings is 1. The second-order valence-corrected chi connectivity index (χ2v) is 7.90. The van der Waals surface area contributed by atoms with Crippen molar-refractivity contribution >= 4 is 27.3 Å². The fourth-order valence-corrected chi connectivity index (χ4v) is 3.58.